The highest BCUT2D eigenvalue weighted by molar-refractivity contribution is 5.20. The highest BCUT2D eigenvalue weighted by Crippen LogP contribution is 2.21. The largest absolute Gasteiger partial charge is 0.468 e. The lowest BCUT2D eigenvalue weighted by Gasteiger charge is -2.26. The van der Waals surface area contributed by atoms with Crippen LogP contribution in [0, 0.1) is 5.82 Å². The summed E-state index contributed by atoms with van der Waals surface area (Å²) >= 11 is 0. The van der Waals surface area contributed by atoms with Gasteiger partial charge in [-0.15, -0.1) is 0 Å². The highest BCUT2D eigenvalue weighted by atomic mass is 19.1. The van der Waals surface area contributed by atoms with Crippen LogP contribution < -0.4 is 5.32 Å². The van der Waals surface area contributed by atoms with Gasteiger partial charge in [0.2, 0.25) is 0 Å². The summed E-state index contributed by atoms with van der Waals surface area (Å²) in [5, 5.41) is 3.41. The number of rotatable bonds is 7. The lowest BCUT2D eigenvalue weighted by atomic mass is 10.1. The Morgan fingerprint density at radius 1 is 1.19 bits per heavy atom. The molecule has 2 rings (SSSR count). The summed E-state index contributed by atoms with van der Waals surface area (Å²) in [7, 11) is 2.01. The van der Waals surface area contributed by atoms with Crippen LogP contribution >= 0.6 is 0 Å². The fourth-order valence-electron chi connectivity index (χ4n) is 2.34. The molecule has 0 saturated carbocycles. The van der Waals surface area contributed by atoms with E-state index in [0.29, 0.717) is 0 Å². The zero-order valence-corrected chi connectivity index (χ0v) is 12.8. The monoisotopic (exact) mass is 290 g/mol. The molecule has 4 heteroatoms. The molecule has 2 atom stereocenters. The van der Waals surface area contributed by atoms with Gasteiger partial charge in [-0.05, 0) is 39.1 Å². The lowest BCUT2D eigenvalue weighted by Crippen LogP contribution is -2.32. The zero-order chi connectivity index (χ0) is 15.2. The molecule has 114 valence electrons. The molecule has 0 fully saturated rings. The maximum Gasteiger partial charge on any atom is 0.127 e. The average molecular weight is 290 g/mol. The number of hydrogen-bond acceptors (Lipinski definition) is 3. The summed E-state index contributed by atoms with van der Waals surface area (Å²) in [5.74, 6) is 0.786. The van der Waals surface area contributed by atoms with Crippen LogP contribution in [-0.2, 0) is 0 Å². The molecule has 1 aromatic carbocycles. The van der Waals surface area contributed by atoms with E-state index in [1.165, 1.54) is 6.07 Å². The minimum atomic E-state index is -0.145. The minimum Gasteiger partial charge on any atom is -0.468 e. The SMILES string of the molecule is CC(NCCN(C)C(C)c1ccccc1F)c1ccco1. The Morgan fingerprint density at radius 2 is 1.95 bits per heavy atom. The molecule has 1 heterocycles. The third-order valence-corrected chi connectivity index (χ3v) is 3.90. The van der Waals surface area contributed by atoms with Crippen molar-refractivity contribution in [1.82, 2.24) is 10.2 Å². The van der Waals surface area contributed by atoms with Crippen LogP contribution in [0.4, 0.5) is 4.39 Å². The maximum absolute atomic E-state index is 13.8. The van der Waals surface area contributed by atoms with Gasteiger partial charge in [-0.1, -0.05) is 18.2 Å². The molecule has 0 bridgehead atoms. The van der Waals surface area contributed by atoms with Gasteiger partial charge in [-0.25, -0.2) is 4.39 Å². The van der Waals surface area contributed by atoms with Crippen molar-refractivity contribution in [2.75, 3.05) is 20.1 Å². The van der Waals surface area contributed by atoms with Gasteiger partial charge in [0.1, 0.15) is 11.6 Å². The molecule has 0 radical (unpaired) electrons. The summed E-state index contributed by atoms with van der Waals surface area (Å²) in [4.78, 5) is 2.14. The Bertz CT molecular complexity index is 541. The van der Waals surface area contributed by atoms with E-state index in [4.69, 9.17) is 4.42 Å². The van der Waals surface area contributed by atoms with Crippen molar-refractivity contribution in [2.24, 2.45) is 0 Å². The predicted molar refractivity (Wildman–Crippen MR) is 82.6 cm³/mol. The topological polar surface area (TPSA) is 28.4 Å². The Kier molecular flexibility index (Phi) is 5.53. The first-order chi connectivity index (χ1) is 10.1. The standard InChI is InChI=1S/C17H23FN2O/c1-13(17-9-6-12-21-17)19-10-11-20(3)14(2)15-7-4-5-8-16(15)18/h4-9,12-14,19H,10-11H2,1-3H3. The van der Waals surface area contributed by atoms with E-state index < -0.39 is 0 Å². The molecular formula is C17H23FN2O. The molecule has 0 aliphatic heterocycles. The predicted octanol–water partition coefficient (Wildman–Crippen LogP) is 3.76. The van der Waals surface area contributed by atoms with Crippen LogP contribution in [0.1, 0.15) is 37.3 Å². The lowest BCUT2D eigenvalue weighted by molar-refractivity contribution is 0.251. The Labute approximate surface area is 125 Å². The van der Waals surface area contributed by atoms with E-state index in [9.17, 15) is 4.39 Å². The van der Waals surface area contributed by atoms with E-state index in [1.54, 1.807) is 12.3 Å². The Morgan fingerprint density at radius 3 is 2.62 bits per heavy atom. The number of nitrogens with zero attached hydrogens (tertiary/aromatic N) is 1. The molecule has 1 aromatic heterocycles. The molecule has 0 aliphatic rings. The fraction of sp³-hybridized carbons (Fsp3) is 0.412. The Hall–Kier alpha value is -1.65. The van der Waals surface area contributed by atoms with Crippen LogP contribution in [0.25, 0.3) is 0 Å². The first-order valence-corrected chi connectivity index (χ1v) is 7.31. The number of benzene rings is 1. The summed E-state index contributed by atoms with van der Waals surface area (Å²) in [6.07, 6.45) is 1.68. The quantitative estimate of drug-likeness (QED) is 0.841. The van der Waals surface area contributed by atoms with Crippen LogP contribution in [0.5, 0.6) is 0 Å². The van der Waals surface area contributed by atoms with Gasteiger partial charge in [-0.2, -0.15) is 0 Å². The first kappa shape index (κ1) is 15.7. The molecule has 21 heavy (non-hydrogen) atoms. The summed E-state index contributed by atoms with van der Waals surface area (Å²) < 4.78 is 19.1. The number of halogens is 1. The number of hydrogen-bond donors (Lipinski definition) is 1. The van der Waals surface area contributed by atoms with Gasteiger partial charge in [0.15, 0.2) is 0 Å². The van der Waals surface area contributed by atoms with Gasteiger partial charge < -0.3 is 9.73 Å². The van der Waals surface area contributed by atoms with Crippen molar-refractivity contribution in [2.45, 2.75) is 25.9 Å². The van der Waals surface area contributed by atoms with Gasteiger partial charge in [0.05, 0.1) is 12.3 Å². The van der Waals surface area contributed by atoms with Crippen molar-refractivity contribution in [3.63, 3.8) is 0 Å². The van der Waals surface area contributed by atoms with Crippen molar-refractivity contribution in [1.29, 1.82) is 0 Å². The van der Waals surface area contributed by atoms with Crippen LogP contribution in [0.2, 0.25) is 0 Å². The van der Waals surface area contributed by atoms with E-state index in [1.807, 2.05) is 38.2 Å². The maximum atomic E-state index is 13.8. The fourth-order valence-corrected chi connectivity index (χ4v) is 2.34. The van der Waals surface area contributed by atoms with Gasteiger partial charge in [0.25, 0.3) is 0 Å². The Balaban J connectivity index is 1.82. The molecule has 2 unspecified atom stereocenters. The highest BCUT2D eigenvalue weighted by Gasteiger charge is 2.15. The normalized spacial score (nSPS) is 14.3. The summed E-state index contributed by atoms with van der Waals surface area (Å²) in [6, 6.07) is 11.0. The van der Waals surface area contributed by atoms with Crippen molar-refractivity contribution < 1.29 is 8.81 Å². The third-order valence-electron chi connectivity index (χ3n) is 3.90. The van der Waals surface area contributed by atoms with E-state index in [0.717, 1.165) is 24.4 Å². The summed E-state index contributed by atoms with van der Waals surface area (Å²) in [6.45, 7) is 5.74. The molecule has 0 saturated heterocycles. The second-order valence-electron chi connectivity index (χ2n) is 5.37. The number of likely N-dealkylation sites (N-methyl/N-ethyl adjacent to an activating group) is 1. The number of nitrogens with one attached hydrogen (secondary N) is 1. The van der Waals surface area contributed by atoms with E-state index in [2.05, 4.69) is 17.1 Å². The van der Waals surface area contributed by atoms with Gasteiger partial charge in [-0.3, -0.25) is 4.90 Å². The van der Waals surface area contributed by atoms with Crippen LogP contribution in [0.15, 0.2) is 47.1 Å². The molecule has 1 N–H and O–H groups in total. The molecule has 0 spiro atoms. The van der Waals surface area contributed by atoms with Gasteiger partial charge in [0, 0.05) is 24.7 Å². The molecule has 0 aliphatic carbocycles. The van der Waals surface area contributed by atoms with Crippen LogP contribution in [-0.4, -0.2) is 25.0 Å². The first-order valence-electron chi connectivity index (χ1n) is 7.31. The second-order valence-corrected chi connectivity index (χ2v) is 5.37. The average Bonchev–Trinajstić information content (AvgIpc) is 3.01. The molecule has 0 amide bonds. The summed E-state index contributed by atoms with van der Waals surface area (Å²) in [5.41, 5.74) is 0.735. The zero-order valence-electron chi connectivity index (χ0n) is 12.8. The minimum absolute atomic E-state index is 0.0481. The second kappa shape index (κ2) is 7.38. The van der Waals surface area contributed by atoms with Crippen molar-refractivity contribution >= 4 is 0 Å². The molecular weight excluding hydrogens is 267 g/mol. The molecule has 2 aromatic rings. The van der Waals surface area contributed by atoms with Gasteiger partial charge >= 0.3 is 0 Å². The van der Waals surface area contributed by atoms with E-state index >= 15 is 0 Å². The van der Waals surface area contributed by atoms with E-state index in [-0.39, 0.29) is 17.9 Å². The van der Waals surface area contributed by atoms with Crippen molar-refractivity contribution in [3.05, 3.63) is 59.8 Å². The third kappa shape index (κ3) is 4.16. The number of furan rings is 1. The smallest absolute Gasteiger partial charge is 0.127 e. The van der Waals surface area contributed by atoms with Crippen LogP contribution in [0.3, 0.4) is 0 Å². The molecule has 3 nitrogen and oxygen atoms in total. The van der Waals surface area contributed by atoms with Crippen molar-refractivity contribution in [3.8, 4) is 0 Å².